The van der Waals surface area contributed by atoms with Gasteiger partial charge in [0.2, 0.25) is 0 Å². The lowest BCUT2D eigenvalue weighted by Crippen LogP contribution is -2.33. The van der Waals surface area contributed by atoms with Gasteiger partial charge in [0.05, 0.1) is 11.8 Å². The monoisotopic (exact) mass is 225 g/mol. The van der Waals surface area contributed by atoms with Crippen LogP contribution in [0.25, 0.3) is 0 Å². The Labute approximate surface area is 93.7 Å². The van der Waals surface area contributed by atoms with Gasteiger partial charge in [0.1, 0.15) is 0 Å². The largest absolute Gasteiger partial charge is 0.332 e. The number of hydrogen-bond donors (Lipinski definition) is 0. The van der Waals surface area contributed by atoms with Gasteiger partial charge in [-0.05, 0) is 12.8 Å². The number of amides is 2. The molecule has 2 rings (SSSR count). The Morgan fingerprint density at radius 1 is 1.25 bits per heavy atom. The highest BCUT2D eigenvalue weighted by Gasteiger charge is 2.50. The molecule has 1 aliphatic heterocycles. The van der Waals surface area contributed by atoms with E-state index in [1.807, 2.05) is 0 Å². The number of carbonyl (C=O) groups excluding carboxylic acids is 3. The molecule has 2 atom stereocenters. The lowest BCUT2D eigenvalue weighted by atomic mass is 9.81. The quantitative estimate of drug-likeness (QED) is 0.658. The third kappa shape index (κ3) is 1.70. The third-order valence-electron chi connectivity index (χ3n) is 3.28. The second kappa shape index (κ2) is 4.23. The topological polar surface area (TPSA) is 63.7 Å². The maximum absolute atomic E-state index is 11.8. The van der Waals surface area contributed by atoms with E-state index in [0.29, 0.717) is 5.06 Å². The van der Waals surface area contributed by atoms with Crippen molar-refractivity contribution < 1.29 is 19.2 Å². The molecule has 0 radical (unpaired) electrons. The maximum atomic E-state index is 11.8. The van der Waals surface area contributed by atoms with E-state index in [9.17, 15) is 14.4 Å². The van der Waals surface area contributed by atoms with Crippen molar-refractivity contribution in [3.63, 3.8) is 0 Å². The van der Waals surface area contributed by atoms with Crippen LogP contribution in [0.2, 0.25) is 0 Å². The van der Waals surface area contributed by atoms with Gasteiger partial charge in [-0.3, -0.25) is 9.59 Å². The number of hydrogen-bond acceptors (Lipinski definition) is 4. The van der Waals surface area contributed by atoms with Crippen molar-refractivity contribution in [2.24, 2.45) is 11.8 Å². The van der Waals surface area contributed by atoms with E-state index >= 15 is 0 Å². The average Bonchev–Trinajstić information content (AvgIpc) is 2.55. The summed E-state index contributed by atoms with van der Waals surface area (Å²) in [6, 6.07) is 0. The highest BCUT2D eigenvalue weighted by atomic mass is 16.7. The van der Waals surface area contributed by atoms with Crippen molar-refractivity contribution in [1.29, 1.82) is 0 Å². The normalized spacial score (nSPS) is 29.2. The molecule has 0 bridgehead atoms. The van der Waals surface area contributed by atoms with Crippen LogP contribution in [0, 0.1) is 11.8 Å². The summed E-state index contributed by atoms with van der Waals surface area (Å²) in [4.78, 5) is 39.5. The van der Waals surface area contributed by atoms with Crippen LogP contribution in [0.3, 0.4) is 0 Å². The van der Waals surface area contributed by atoms with Gasteiger partial charge in [0.25, 0.3) is 11.8 Å². The summed E-state index contributed by atoms with van der Waals surface area (Å²) in [7, 11) is 0. The highest BCUT2D eigenvalue weighted by Crippen LogP contribution is 2.38. The van der Waals surface area contributed by atoms with E-state index in [0.717, 1.165) is 25.7 Å². The number of nitrogens with zero attached hydrogens (tertiary/aromatic N) is 1. The summed E-state index contributed by atoms with van der Waals surface area (Å²) in [6.45, 7) is 1.63. The average molecular weight is 225 g/mol. The van der Waals surface area contributed by atoms with Gasteiger partial charge in [-0.1, -0.05) is 19.8 Å². The van der Waals surface area contributed by atoms with Gasteiger partial charge in [-0.15, -0.1) is 5.06 Å². The van der Waals surface area contributed by atoms with Crippen molar-refractivity contribution in [1.82, 2.24) is 5.06 Å². The Morgan fingerprint density at radius 3 is 2.19 bits per heavy atom. The van der Waals surface area contributed by atoms with E-state index in [2.05, 4.69) is 0 Å². The lowest BCUT2D eigenvalue weighted by molar-refractivity contribution is -0.198. The summed E-state index contributed by atoms with van der Waals surface area (Å²) in [6.07, 6.45) is 3.56. The van der Waals surface area contributed by atoms with Crippen LogP contribution in [0.4, 0.5) is 0 Å². The molecule has 1 saturated heterocycles. The zero-order chi connectivity index (χ0) is 11.7. The predicted octanol–water partition coefficient (Wildman–Crippen LogP) is 1.03. The molecule has 0 aromatic carbocycles. The first-order chi connectivity index (χ1) is 7.65. The fourth-order valence-electron chi connectivity index (χ4n) is 2.39. The second-order valence-corrected chi connectivity index (χ2v) is 4.29. The Balaban J connectivity index is 2.12. The fourth-order valence-corrected chi connectivity index (χ4v) is 2.39. The van der Waals surface area contributed by atoms with Crippen LogP contribution >= 0.6 is 0 Å². The van der Waals surface area contributed by atoms with Crippen LogP contribution in [-0.2, 0) is 19.2 Å². The summed E-state index contributed by atoms with van der Waals surface area (Å²) >= 11 is 0. The van der Waals surface area contributed by atoms with Crippen molar-refractivity contribution in [2.75, 3.05) is 0 Å². The smallest absolute Gasteiger partial charge is 0.330 e. The predicted molar refractivity (Wildman–Crippen MR) is 53.7 cm³/mol. The molecule has 88 valence electrons. The number of rotatable bonds is 2. The van der Waals surface area contributed by atoms with Gasteiger partial charge in [-0.2, -0.15) is 0 Å². The van der Waals surface area contributed by atoms with Gasteiger partial charge in [-0.25, -0.2) is 4.79 Å². The SMILES string of the molecule is CCC(=O)ON1C(=O)C2CCCCC2C1=O. The summed E-state index contributed by atoms with van der Waals surface area (Å²) < 4.78 is 0. The first kappa shape index (κ1) is 11.1. The minimum Gasteiger partial charge on any atom is -0.330 e. The van der Waals surface area contributed by atoms with E-state index in [4.69, 9.17) is 4.84 Å². The van der Waals surface area contributed by atoms with E-state index in [-0.39, 0.29) is 30.1 Å². The Morgan fingerprint density at radius 2 is 1.75 bits per heavy atom. The van der Waals surface area contributed by atoms with Gasteiger partial charge < -0.3 is 4.84 Å². The van der Waals surface area contributed by atoms with Crippen LogP contribution in [-0.4, -0.2) is 22.8 Å². The molecular weight excluding hydrogens is 210 g/mol. The molecule has 0 N–H and O–H groups in total. The van der Waals surface area contributed by atoms with Gasteiger partial charge in [0, 0.05) is 6.42 Å². The second-order valence-electron chi connectivity index (χ2n) is 4.29. The highest BCUT2D eigenvalue weighted by molar-refractivity contribution is 6.04. The molecule has 5 heteroatoms. The van der Waals surface area contributed by atoms with Gasteiger partial charge in [0.15, 0.2) is 0 Å². The van der Waals surface area contributed by atoms with Crippen LogP contribution in [0.15, 0.2) is 0 Å². The molecule has 5 nitrogen and oxygen atoms in total. The summed E-state index contributed by atoms with van der Waals surface area (Å²) in [5.41, 5.74) is 0. The molecule has 2 amide bonds. The molecule has 16 heavy (non-hydrogen) atoms. The zero-order valence-corrected chi connectivity index (χ0v) is 9.27. The molecule has 0 aromatic heterocycles. The molecule has 2 aliphatic rings. The lowest BCUT2D eigenvalue weighted by Gasteiger charge is -2.19. The fraction of sp³-hybridized carbons (Fsp3) is 0.727. The van der Waals surface area contributed by atoms with E-state index in [1.165, 1.54) is 0 Å². The standard InChI is InChI=1S/C11H15NO4/c1-2-9(13)16-12-10(14)7-5-3-4-6-8(7)11(12)15/h7-8H,2-6H2,1H3. The number of carbonyl (C=O) groups is 3. The van der Waals surface area contributed by atoms with Crippen LogP contribution < -0.4 is 0 Å². The van der Waals surface area contributed by atoms with Crippen molar-refractivity contribution >= 4 is 17.8 Å². The molecule has 0 spiro atoms. The summed E-state index contributed by atoms with van der Waals surface area (Å²) in [5, 5.41) is 0.687. The van der Waals surface area contributed by atoms with Crippen molar-refractivity contribution in [2.45, 2.75) is 39.0 Å². The maximum Gasteiger partial charge on any atom is 0.332 e. The number of fused-ring (bicyclic) bond motifs is 1. The molecule has 1 aliphatic carbocycles. The van der Waals surface area contributed by atoms with Crippen molar-refractivity contribution in [3.05, 3.63) is 0 Å². The van der Waals surface area contributed by atoms with Crippen LogP contribution in [0.1, 0.15) is 39.0 Å². The molecule has 0 aromatic rings. The molecule has 2 fully saturated rings. The molecular formula is C11H15NO4. The molecule has 1 saturated carbocycles. The zero-order valence-electron chi connectivity index (χ0n) is 9.27. The third-order valence-corrected chi connectivity index (χ3v) is 3.28. The molecule has 2 unspecified atom stereocenters. The van der Waals surface area contributed by atoms with Gasteiger partial charge >= 0.3 is 5.97 Å². The van der Waals surface area contributed by atoms with Crippen molar-refractivity contribution in [3.8, 4) is 0 Å². The minimum absolute atomic E-state index is 0.159. The number of hydroxylamine groups is 2. The number of imide groups is 1. The van der Waals surface area contributed by atoms with E-state index < -0.39 is 5.97 Å². The minimum atomic E-state index is -0.541. The molecule has 1 heterocycles. The Hall–Kier alpha value is -1.39. The Bertz CT molecular complexity index is 315. The first-order valence-corrected chi connectivity index (χ1v) is 5.73. The Kier molecular flexibility index (Phi) is 2.94. The van der Waals surface area contributed by atoms with Crippen LogP contribution in [0.5, 0.6) is 0 Å². The first-order valence-electron chi connectivity index (χ1n) is 5.73. The van der Waals surface area contributed by atoms with E-state index in [1.54, 1.807) is 6.92 Å². The summed E-state index contributed by atoms with van der Waals surface area (Å²) in [5.74, 6) is -1.73.